The van der Waals surface area contributed by atoms with E-state index in [0.717, 1.165) is 19.6 Å². The molecule has 2 nitrogen and oxygen atoms in total. The molecule has 0 saturated carbocycles. The summed E-state index contributed by atoms with van der Waals surface area (Å²) in [6, 6.07) is 30.8. The molecule has 1 heterocycles. The van der Waals surface area contributed by atoms with Gasteiger partial charge in [-0.15, -0.1) is 0 Å². The number of rotatable bonds is 7. The number of aryl methyl sites for hydroxylation is 2. The molecule has 30 heavy (non-hydrogen) atoms. The summed E-state index contributed by atoms with van der Waals surface area (Å²) in [5.41, 5.74) is 9.05. The molecule has 0 radical (unpaired) electrons. The second-order valence-corrected chi connectivity index (χ2v) is 8.05. The Morgan fingerprint density at radius 1 is 0.500 bits per heavy atom. The van der Waals surface area contributed by atoms with Crippen molar-refractivity contribution in [3.05, 3.63) is 125 Å². The first-order valence-electron chi connectivity index (χ1n) is 10.5. The zero-order chi connectivity index (χ0) is 20.8. The maximum absolute atomic E-state index is 4.11. The first-order chi connectivity index (χ1) is 14.7. The molecule has 0 spiro atoms. The molecule has 0 bridgehead atoms. The summed E-state index contributed by atoms with van der Waals surface area (Å²) in [6.45, 7) is 7.05. The van der Waals surface area contributed by atoms with Crippen LogP contribution in [-0.4, -0.2) is 9.88 Å². The van der Waals surface area contributed by atoms with Crippen LogP contribution in [0.5, 0.6) is 0 Å². The van der Waals surface area contributed by atoms with E-state index < -0.39 is 0 Å². The molecule has 3 aromatic carbocycles. The normalized spacial score (nSPS) is 11.0. The van der Waals surface area contributed by atoms with Crippen molar-refractivity contribution in [3.63, 3.8) is 0 Å². The van der Waals surface area contributed by atoms with E-state index in [4.69, 9.17) is 0 Å². The highest BCUT2D eigenvalue weighted by Crippen LogP contribution is 2.21. The highest BCUT2D eigenvalue weighted by molar-refractivity contribution is 5.62. The summed E-state index contributed by atoms with van der Waals surface area (Å²) in [6.07, 6.45) is 3.68. The molecule has 1 aromatic heterocycles. The second kappa shape index (κ2) is 9.51. The molecule has 0 atom stereocenters. The molecule has 150 valence electrons. The minimum atomic E-state index is 0.915. The van der Waals surface area contributed by atoms with Gasteiger partial charge in [0.05, 0.1) is 0 Å². The van der Waals surface area contributed by atoms with Crippen LogP contribution in [0.4, 0.5) is 0 Å². The molecule has 0 amide bonds. The van der Waals surface area contributed by atoms with E-state index in [9.17, 15) is 0 Å². The Morgan fingerprint density at radius 3 is 1.30 bits per heavy atom. The van der Waals surface area contributed by atoms with E-state index in [2.05, 4.69) is 109 Å². The first-order valence-corrected chi connectivity index (χ1v) is 10.5. The second-order valence-electron chi connectivity index (χ2n) is 8.05. The summed E-state index contributed by atoms with van der Waals surface area (Å²) in [5, 5.41) is 0. The van der Waals surface area contributed by atoms with E-state index in [-0.39, 0.29) is 0 Å². The lowest BCUT2D eigenvalue weighted by molar-refractivity contribution is 0.247. The smallest absolute Gasteiger partial charge is 0.0273 e. The van der Waals surface area contributed by atoms with Crippen molar-refractivity contribution in [3.8, 4) is 11.1 Å². The van der Waals surface area contributed by atoms with Gasteiger partial charge in [-0.25, -0.2) is 0 Å². The average Bonchev–Trinajstić information content (AvgIpc) is 2.78. The minimum absolute atomic E-state index is 0.915. The van der Waals surface area contributed by atoms with Crippen molar-refractivity contribution in [2.24, 2.45) is 0 Å². The number of hydrogen-bond acceptors (Lipinski definition) is 2. The lowest BCUT2D eigenvalue weighted by Crippen LogP contribution is -2.22. The van der Waals surface area contributed by atoms with E-state index >= 15 is 0 Å². The molecule has 4 aromatic rings. The predicted molar refractivity (Wildman–Crippen MR) is 125 cm³/mol. The van der Waals surface area contributed by atoms with Gasteiger partial charge in [-0.3, -0.25) is 9.88 Å². The Balaban J connectivity index is 1.52. The lowest BCUT2D eigenvalue weighted by atomic mass is 10.0. The molecule has 0 unspecified atom stereocenters. The van der Waals surface area contributed by atoms with Crippen molar-refractivity contribution >= 4 is 0 Å². The van der Waals surface area contributed by atoms with Gasteiger partial charge >= 0.3 is 0 Å². The van der Waals surface area contributed by atoms with E-state index in [1.165, 1.54) is 38.9 Å². The van der Waals surface area contributed by atoms with E-state index in [1.54, 1.807) is 0 Å². The number of aromatic nitrogens is 1. The first kappa shape index (κ1) is 20.1. The summed E-state index contributed by atoms with van der Waals surface area (Å²) >= 11 is 0. The van der Waals surface area contributed by atoms with Crippen LogP contribution in [0.2, 0.25) is 0 Å². The summed E-state index contributed by atoms with van der Waals surface area (Å²) < 4.78 is 0. The third-order valence-corrected chi connectivity index (χ3v) is 5.43. The molecule has 4 rings (SSSR count). The lowest BCUT2D eigenvalue weighted by Gasteiger charge is -2.23. The zero-order valence-electron chi connectivity index (χ0n) is 17.8. The van der Waals surface area contributed by atoms with E-state index in [0.29, 0.717) is 0 Å². The Morgan fingerprint density at radius 2 is 0.867 bits per heavy atom. The van der Waals surface area contributed by atoms with Crippen molar-refractivity contribution in [2.75, 3.05) is 0 Å². The number of nitrogens with zero attached hydrogens (tertiary/aromatic N) is 2. The third kappa shape index (κ3) is 5.43. The van der Waals surface area contributed by atoms with Crippen molar-refractivity contribution in [2.45, 2.75) is 33.5 Å². The molecule has 0 aliphatic heterocycles. The Labute approximate surface area is 179 Å². The number of pyridine rings is 1. The van der Waals surface area contributed by atoms with Crippen molar-refractivity contribution < 1.29 is 0 Å². The molecule has 0 N–H and O–H groups in total. The summed E-state index contributed by atoms with van der Waals surface area (Å²) in [4.78, 5) is 6.62. The van der Waals surface area contributed by atoms with Gasteiger partial charge in [0.2, 0.25) is 0 Å². The number of benzene rings is 3. The van der Waals surface area contributed by atoms with Gasteiger partial charge in [0.15, 0.2) is 0 Å². The molecule has 0 saturated heterocycles. The van der Waals surface area contributed by atoms with Crippen molar-refractivity contribution in [1.82, 2.24) is 9.88 Å². The maximum Gasteiger partial charge on any atom is 0.0273 e. The van der Waals surface area contributed by atoms with Crippen LogP contribution >= 0.6 is 0 Å². The Bertz CT molecular complexity index is 1000. The van der Waals surface area contributed by atoms with Crippen LogP contribution in [-0.2, 0) is 19.6 Å². The zero-order valence-corrected chi connectivity index (χ0v) is 17.8. The third-order valence-electron chi connectivity index (χ3n) is 5.43. The van der Waals surface area contributed by atoms with E-state index in [1.807, 2.05) is 12.4 Å². The molecular formula is C28H28N2. The molecule has 0 aliphatic rings. The largest absolute Gasteiger partial charge is 0.291 e. The maximum atomic E-state index is 4.11. The van der Waals surface area contributed by atoms with Gasteiger partial charge < -0.3 is 0 Å². The van der Waals surface area contributed by atoms with Gasteiger partial charge in [-0.2, -0.15) is 0 Å². The van der Waals surface area contributed by atoms with Crippen LogP contribution in [0.25, 0.3) is 11.1 Å². The molecule has 2 heteroatoms. The van der Waals surface area contributed by atoms with Crippen LogP contribution < -0.4 is 0 Å². The highest BCUT2D eigenvalue weighted by Gasteiger charge is 2.09. The molecule has 0 aliphatic carbocycles. The van der Waals surface area contributed by atoms with Crippen LogP contribution in [0.1, 0.15) is 27.8 Å². The monoisotopic (exact) mass is 392 g/mol. The Hall–Kier alpha value is -3.23. The standard InChI is InChI=1S/C28H28N2/c1-22-3-7-24(8-4-22)19-30(20-25-9-5-23(2)6-10-25)21-26-11-13-27(14-12-26)28-15-17-29-18-16-28/h3-18H,19-21H2,1-2H3. The SMILES string of the molecule is Cc1ccc(CN(Cc2ccc(C)cc2)Cc2ccc(-c3ccncc3)cc2)cc1. The van der Waals surface area contributed by atoms with Gasteiger partial charge in [0.1, 0.15) is 0 Å². The predicted octanol–water partition coefficient (Wildman–Crippen LogP) is 6.57. The van der Waals surface area contributed by atoms with Crippen LogP contribution in [0, 0.1) is 13.8 Å². The summed E-state index contributed by atoms with van der Waals surface area (Å²) in [7, 11) is 0. The Kier molecular flexibility index (Phi) is 6.36. The minimum Gasteiger partial charge on any atom is -0.291 e. The quantitative estimate of drug-likeness (QED) is 0.354. The molecule has 0 fully saturated rings. The van der Waals surface area contributed by atoms with Gasteiger partial charge in [-0.1, -0.05) is 83.9 Å². The average molecular weight is 393 g/mol. The van der Waals surface area contributed by atoms with Crippen LogP contribution in [0.15, 0.2) is 97.3 Å². The topological polar surface area (TPSA) is 16.1 Å². The van der Waals surface area contributed by atoms with Crippen molar-refractivity contribution in [1.29, 1.82) is 0 Å². The molecular weight excluding hydrogens is 364 g/mol. The van der Waals surface area contributed by atoms with Gasteiger partial charge in [-0.05, 0) is 53.8 Å². The fourth-order valence-electron chi connectivity index (χ4n) is 3.68. The van der Waals surface area contributed by atoms with Gasteiger partial charge in [0.25, 0.3) is 0 Å². The van der Waals surface area contributed by atoms with Gasteiger partial charge in [0, 0.05) is 32.0 Å². The van der Waals surface area contributed by atoms with Crippen LogP contribution in [0.3, 0.4) is 0 Å². The fraction of sp³-hybridized carbons (Fsp3) is 0.179. The highest BCUT2D eigenvalue weighted by atomic mass is 15.1. The summed E-state index contributed by atoms with van der Waals surface area (Å²) in [5.74, 6) is 0. The number of hydrogen-bond donors (Lipinski definition) is 0. The fourth-order valence-corrected chi connectivity index (χ4v) is 3.68.